The average Bonchev–Trinajstić information content (AvgIpc) is 2.65. The molecule has 1 N–H and O–H groups in total. The molecule has 2 aromatic rings. The first-order valence-corrected chi connectivity index (χ1v) is 6.36. The Morgan fingerprint density at radius 1 is 1.28 bits per heavy atom. The smallest absolute Gasteiger partial charge is 0.0597 e. The van der Waals surface area contributed by atoms with E-state index < -0.39 is 0 Å². The molecule has 3 heteroatoms. The molecule has 0 saturated carbocycles. The number of benzene rings is 1. The van der Waals surface area contributed by atoms with Crippen molar-refractivity contribution in [2.45, 2.75) is 33.4 Å². The molecule has 2 rings (SSSR count). The van der Waals surface area contributed by atoms with Crippen LogP contribution in [0.5, 0.6) is 0 Å². The summed E-state index contributed by atoms with van der Waals surface area (Å²) in [6, 6.07) is 11.0. The number of hydrogen-bond acceptors (Lipinski definition) is 2. The van der Waals surface area contributed by atoms with Crippen LogP contribution in [0.2, 0.25) is 0 Å². The third-order valence-electron chi connectivity index (χ3n) is 3.34. The monoisotopic (exact) mass is 243 g/mol. The Labute approximate surface area is 109 Å². The van der Waals surface area contributed by atoms with Crippen molar-refractivity contribution in [3.05, 3.63) is 52.8 Å². The van der Waals surface area contributed by atoms with Gasteiger partial charge in [-0.2, -0.15) is 5.10 Å². The number of aryl methyl sites for hydroxylation is 3. The molecule has 1 aromatic carbocycles. The lowest BCUT2D eigenvalue weighted by Gasteiger charge is -2.16. The third-order valence-corrected chi connectivity index (χ3v) is 3.34. The second kappa shape index (κ2) is 5.36. The minimum Gasteiger partial charge on any atom is -0.305 e. The number of nitrogens with one attached hydrogen (secondary N) is 1. The summed E-state index contributed by atoms with van der Waals surface area (Å²) in [4.78, 5) is 0. The zero-order valence-electron chi connectivity index (χ0n) is 11.6. The predicted molar refractivity (Wildman–Crippen MR) is 74.4 cm³/mol. The van der Waals surface area contributed by atoms with E-state index in [1.165, 1.54) is 16.8 Å². The van der Waals surface area contributed by atoms with Crippen LogP contribution < -0.4 is 5.32 Å². The highest BCUT2D eigenvalue weighted by molar-refractivity contribution is 5.28. The van der Waals surface area contributed by atoms with Crippen molar-refractivity contribution < 1.29 is 0 Å². The fourth-order valence-electron chi connectivity index (χ4n) is 2.27. The first-order valence-electron chi connectivity index (χ1n) is 6.36. The van der Waals surface area contributed by atoms with Gasteiger partial charge in [0.2, 0.25) is 0 Å². The Hall–Kier alpha value is -1.61. The Kier molecular flexibility index (Phi) is 3.82. The molecule has 3 nitrogen and oxygen atoms in total. The van der Waals surface area contributed by atoms with Gasteiger partial charge in [-0.15, -0.1) is 0 Å². The summed E-state index contributed by atoms with van der Waals surface area (Å²) in [5.41, 5.74) is 4.97. The van der Waals surface area contributed by atoms with Crippen molar-refractivity contribution in [1.29, 1.82) is 0 Å². The standard InChI is InChI=1S/C15H21N3/c1-11-7-5-6-8-15(11)13(3)16-10-14-9-12(2)17-18(14)4/h5-9,13,16H,10H2,1-4H3/t13-/m0/s1. The normalized spacial score (nSPS) is 12.7. The fraction of sp³-hybridized carbons (Fsp3) is 0.400. The lowest BCUT2D eigenvalue weighted by Crippen LogP contribution is -2.20. The summed E-state index contributed by atoms with van der Waals surface area (Å²) in [5.74, 6) is 0. The summed E-state index contributed by atoms with van der Waals surface area (Å²) < 4.78 is 1.94. The summed E-state index contributed by atoms with van der Waals surface area (Å²) in [6.07, 6.45) is 0. The molecular weight excluding hydrogens is 222 g/mol. The maximum Gasteiger partial charge on any atom is 0.0597 e. The van der Waals surface area contributed by atoms with Gasteiger partial charge in [0.05, 0.1) is 11.4 Å². The highest BCUT2D eigenvalue weighted by Crippen LogP contribution is 2.17. The molecule has 0 amide bonds. The molecule has 0 aliphatic heterocycles. The minimum absolute atomic E-state index is 0.349. The van der Waals surface area contributed by atoms with Crippen LogP contribution in [-0.2, 0) is 13.6 Å². The first kappa shape index (κ1) is 12.8. The average molecular weight is 243 g/mol. The van der Waals surface area contributed by atoms with Gasteiger partial charge in [-0.3, -0.25) is 4.68 Å². The van der Waals surface area contributed by atoms with E-state index in [4.69, 9.17) is 0 Å². The van der Waals surface area contributed by atoms with Crippen LogP contribution >= 0.6 is 0 Å². The van der Waals surface area contributed by atoms with E-state index >= 15 is 0 Å². The van der Waals surface area contributed by atoms with Gasteiger partial charge in [0.1, 0.15) is 0 Å². The molecule has 0 fully saturated rings. The highest BCUT2D eigenvalue weighted by atomic mass is 15.3. The SMILES string of the molecule is Cc1cc(CN[C@@H](C)c2ccccc2C)n(C)n1. The van der Waals surface area contributed by atoms with Gasteiger partial charge in [0.25, 0.3) is 0 Å². The van der Waals surface area contributed by atoms with Crippen LogP contribution in [0, 0.1) is 13.8 Å². The van der Waals surface area contributed by atoms with Crippen molar-refractivity contribution in [1.82, 2.24) is 15.1 Å². The van der Waals surface area contributed by atoms with Crippen LogP contribution in [0.1, 0.15) is 35.5 Å². The largest absolute Gasteiger partial charge is 0.305 e. The van der Waals surface area contributed by atoms with Crippen molar-refractivity contribution in [2.75, 3.05) is 0 Å². The third kappa shape index (κ3) is 2.79. The van der Waals surface area contributed by atoms with Gasteiger partial charge in [0, 0.05) is 19.6 Å². The zero-order valence-corrected chi connectivity index (χ0v) is 11.6. The van der Waals surface area contributed by atoms with E-state index in [1.807, 2.05) is 18.7 Å². The van der Waals surface area contributed by atoms with E-state index in [1.54, 1.807) is 0 Å². The number of aromatic nitrogens is 2. The maximum absolute atomic E-state index is 4.36. The van der Waals surface area contributed by atoms with E-state index in [0.717, 1.165) is 12.2 Å². The van der Waals surface area contributed by atoms with Gasteiger partial charge in [0.15, 0.2) is 0 Å². The molecule has 18 heavy (non-hydrogen) atoms. The summed E-state index contributed by atoms with van der Waals surface area (Å²) in [5, 5.41) is 7.91. The van der Waals surface area contributed by atoms with Crippen LogP contribution in [-0.4, -0.2) is 9.78 Å². The minimum atomic E-state index is 0.349. The molecule has 0 aliphatic carbocycles. The summed E-state index contributed by atoms with van der Waals surface area (Å²) in [7, 11) is 1.99. The fourth-order valence-corrected chi connectivity index (χ4v) is 2.27. The topological polar surface area (TPSA) is 29.9 Å². The lowest BCUT2D eigenvalue weighted by molar-refractivity contribution is 0.546. The van der Waals surface area contributed by atoms with Crippen LogP contribution in [0.15, 0.2) is 30.3 Å². The molecule has 0 saturated heterocycles. The van der Waals surface area contributed by atoms with Crippen molar-refractivity contribution in [2.24, 2.45) is 7.05 Å². The molecule has 0 aliphatic rings. The van der Waals surface area contributed by atoms with Gasteiger partial charge in [-0.1, -0.05) is 24.3 Å². The summed E-state index contributed by atoms with van der Waals surface area (Å²) in [6.45, 7) is 7.22. The van der Waals surface area contributed by atoms with Gasteiger partial charge in [-0.05, 0) is 38.0 Å². The molecule has 1 atom stereocenters. The molecule has 1 aromatic heterocycles. The molecule has 0 bridgehead atoms. The van der Waals surface area contributed by atoms with Gasteiger partial charge >= 0.3 is 0 Å². The molecule has 1 heterocycles. The second-order valence-electron chi connectivity index (χ2n) is 4.86. The Morgan fingerprint density at radius 2 is 2.00 bits per heavy atom. The van der Waals surface area contributed by atoms with Crippen LogP contribution in [0.25, 0.3) is 0 Å². The maximum atomic E-state index is 4.36. The van der Waals surface area contributed by atoms with E-state index in [9.17, 15) is 0 Å². The zero-order chi connectivity index (χ0) is 13.1. The van der Waals surface area contributed by atoms with Crippen molar-refractivity contribution in [3.8, 4) is 0 Å². The molecular formula is C15H21N3. The van der Waals surface area contributed by atoms with E-state index in [-0.39, 0.29) is 0 Å². The van der Waals surface area contributed by atoms with E-state index in [0.29, 0.717) is 6.04 Å². The van der Waals surface area contributed by atoms with Gasteiger partial charge < -0.3 is 5.32 Å². The van der Waals surface area contributed by atoms with Crippen molar-refractivity contribution >= 4 is 0 Å². The Balaban J connectivity index is 2.03. The first-order chi connectivity index (χ1) is 8.58. The highest BCUT2D eigenvalue weighted by Gasteiger charge is 2.08. The van der Waals surface area contributed by atoms with Crippen molar-refractivity contribution in [3.63, 3.8) is 0 Å². The summed E-state index contributed by atoms with van der Waals surface area (Å²) >= 11 is 0. The van der Waals surface area contributed by atoms with Crippen LogP contribution in [0.4, 0.5) is 0 Å². The van der Waals surface area contributed by atoms with E-state index in [2.05, 4.69) is 54.6 Å². The Morgan fingerprint density at radius 3 is 2.61 bits per heavy atom. The number of rotatable bonds is 4. The number of hydrogen-bond donors (Lipinski definition) is 1. The second-order valence-corrected chi connectivity index (χ2v) is 4.86. The molecule has 96 valence electrons. The Bertz CT molecular complexity index is 528. The van der Waals surface area contributed by atoms with Gasteiger partial charge in [-0.25, -0.2) is 0 Å². The quantitative estimate of drug-likeness (QED) is 0.895. The van der Waals surface area contributed by atoms with Crippen LogP contribution in [0.3, 0.4) is 0 Å². The lowest BCUT2D eigenvalue weighted by atomic mass is 10.0. The molecule has 0 spiro atoms. The number of nitrogens with zero attached hydrogens (tertiary/aromatic N) is 2. The molecule has 0 unspecified atom stereocenters. The molecule has 0 radical (unpaired) electrons. The predicted octanol–water partition coefficient (Wildman–Crippen LogP) is 2.89.